The van der Waals surface area contributed by atoms with Crippen LogP contribution in [0.5, 0.6) is 0 Å². The molecule has 0 bridgehead atoms. The fraction of sp³-hybridized carbons (Fsp3) is 0.214. The third-order valence-corrected chi connectivity index (χ3v) is 5.49. The van der Waals surface area contributed by atoms with Crippen LogP contribution in [-0.2, 0) is 23.0 Å². The zero-order valence-corrected chi connectivity index (χ0v) is 12.1. The van der Waals surface area contributed by atoms with Gasteiger partial charge in [0, 0.05) is 14.6 Å². The highest BCUT2D eigenvalue weighted by atomic mass is 32.2. The summed E-state index contributed by atoms with van der Waals surface area (Å²) in [5, 5.41) is 8.81. The summed E-state index contributed by atoms with van der Waals surface area (Å²) in [5.41, 5.74) is 0.213. The molecule has 0 fully saturated rings. The van der Waals surface area contributed by atoms with E-state index in [1.807, 2.05) is 6.07 Å². The van der Waals surface area contributed by atoms with Crippen molar-refractivity contribution in [1.29, 1.82) is 0 Å². The van der Waals surface area contributed by atoms with Gasteiger partial charge < -0.3 is 5.11 Å². The van der Waals surface area contributed by atoms with Gasteiger partial charge in [-0.25, -0.2) is 4.79 Å². The van der Waals surface area contributed by atoms with E-state index in [0.717, 1.165) is 11.3 Å². The topological polar surface area (TPSA) is 54.4 Å². The van der Waals surface area contributed by atoms with Crippen LogP contribution in [0.25, 0.3) is 0 Å². The van der Waals surface area contributed by atoms with E-state index < -0.39 is 16.8 Å². The fourth-order valence-electron chi connectivity index (χ4n) is 1.65. The lowest BCUT2D eigenvalue weighted by Gasteiger charge is -2.01. The van der Waals surface area contributed by atoms with Crippen LogP contribution in [0.3, 0.4) is 0 Å². The number of rotatable bonds is 5. The zero-order valence-electron chi connectivity index (χ0n) is 10.5. The molecular formula is C14H14O3S2. The van der Waals surface area contributed by atoms with Crippen molar-refractivity contribution in [2.75, 3.05) is 0 Å². The molecule has 1 heterocycles. The van der Waals surface area contributed by atoms with Gasteiger partial charge in [0.15, 0.2) is 0 Å². The van der Waals surface area contributed by atoms with E-state index in [1.54, 1.807) is 23.5 Å². The van der Waals surface area contributed by atoms with Crippen molar-refractivity contribution >= 4 is 28.1 Å². The molecule has 0 aliphatic heterocycles. The molecular weight excluding hydrogens is 280 g/mol. The minimum Gasteiger partial charge on any atom is -0.478 e. The molecule has 0 spiro atoms. The Morgan fingerprint density at radius 2 is 1.79 bits per heavy atom. The van der Waals surface area contributed by atoms with Crippen molar-refractivity contribution in [3.63, 3.8) is 0 Å². The first-order chi connectivity index (χ1) is 9.10. The third-order valence-electron chi connectivity index (χ3n) is 2.70. The maximum absolute atomic E-state index is 12.2. The van der Waals surface area contributed by atoms with Gasteiger partial charge in [-0.1, -0.05) is 6.92 Å². The molecule has 0 saturated carbocycles. The van der Waals surface area contributed by atoms with Gasteiger partial charge in [-0.2, -0.15) is 0 Å². The van der Waals surface area contributed by atoms with Crippen molar-refractivity contribution in [3.05, 3.63) is 51.7 Å². The van der Waals surface area contributed by atoms with Crippen molar-refractivity contribution in [2.24, 2.45) is 0 Å². The molecule has 1 aromatic carbocycles. The molecule has 3 nitrogen and oxygen atoms in total. The Labute approximate surface area is 118 Å². The van der Waals surface area contributed by atoms with Crippen molar-refractivity contribution in [1.82, 2.24) is 0 Å². The second kappa shape index (κ2) is 6.12. The molecule has 1 aromatic heterocycles. The minimum atomic E-state index is -1.13. The number of carbonyl (C=O) groups is 1. The predicted octanol–water partition coefficient (Wildman–Crippen LogP) is 3.32. The number of hydrogen-bond acceptors (Lipinski definition) is 3. The molecule has 1 unspecified atom stereocenters. The van der Waals surface area contributed by atoms with Gasteiger partial charge in [-0.15, -0.1) is 11.3 Å². The Morgan fingerprint density at radius 3 is 2.32 bits per heavy atom. The Morgan fingerprint density at radius 1 is 1.16 bits per heavy atom. The lowest BCUT2D eigenvalue weighted by atomic mass is 10.2. The summed E-state index contributed by atoms with van der Waals surface area (Å²) in [4.78, 5) is 13.8. The van der Waals surface area contributed by atoms with Crippen molar-refractivity contribution in [3.8, 4) is 0 Å². The number of aromatic carboxylic acids is 1. The molecule has 0 radical (unpaired) electrons. The molecule has 1 N–H and O–H groups in total. The second-order valence-electron chi connectivity index (χ2n) is 4.04. The highest BCUT2D eigenvalue weighted by Gasteiger charge is 2.09. The lowest BCUT2D eigenvalue weighted by Crippen LogP contribution is -1.98. The number of aryl methyl sites for hydroxylation is 1. The van der Waals surface area contributed by atoms with Gasteiger partial charge in [0.1, 0.15) is 0 Å². The average molecular weight is 294 g/mol. The summed E-state index contributed by atoms with van der Waals surface area (Å²) >= 11 is 1.68. The molecule has 0 aliphatic carbocycles. The van der Waals surface area contributed by atoms with Crippen molar-refractivity contribution < 1.29 is 14.1 Å². The van der Waals surface area contributed by atoms with Crippen LogP contribution in [0.4, 0.5) is 0 Å². The molecule has 19 heavy (non-hydrogen) atoms. The van der Waals surface area contributed by atoms with E-state index >= 15 is 0 Å². The molecule has 0 amide bonds. The molecule has 2 rings (SSSR count). The van der Waals surface area contributed by atoms with Crippen LogP contribution in [0, 0.1) is 0 Å². The summed E-state index contributed by atoms with van der Waals surface area (Å²) in [6.07, 6.45) is 0.991. The van der Waals surface area contributed by atoms with Crippen LogP contribution in [-0.4, -0.2) is 15.3 Å². The number of carboxylic acid groups (broad SMARTS) is 1. The number of carboxylic acids is 1. The Balaban J connectivity index is 2.09. The van der Waals surface area contributed by atoms with Gasteiger partial charge in [0.25, 0.3) is 0 Å². The van der Waals surface area contributed by atoms with E-state index in [2.05, 4.69) is 13.0 Å². The standard InChI is InChI=1S/C14H14O3S2/c1-2-11-5-6-12(18-11)9-19(17)13-7-3-10(4-8-13)14(15)16/h3-8H,2,9H2,1H3,(H,15,16). The average Bonchev–Trinajstić information content (AvgIpc) is 2.86. The Bertz CT molecular complexity index is 599. The quantitative estimate of drug-likeness (QED) is 0.920. The van der Waals surface area contributed by atoms with Crippen LogP contribution >= 0.6 is 11.3 Å². The summed E-state index contributed by atoms with van der Waals surface area (Å²) in [5.74, 6) is -0.486. The summed E-state index contributed by atoms with van der Waals surface area (Å²) in [7, 11) is -1.13. The maximum Gasteiger partial charge on any atom is 0.335 e. The smallest absolute Gasteiger partial charge is 0.335 e. The molecule has 100 valence electrons. The highest BCUT2D eigenvalue weighted by Crippen LogP contribution is 2.21. The van der Waals surface area contributed by atoms with E-state index in [0.29, 0.717) is 10.6 Å². The first-order valence-corrected chi connectivity index (χ1v) is 8.03. The Kier molecular flexibility index (Phi) is 4.50. The SMILES string of the molecule is CCc1ccc(CS(=O)c2ccc(C(=O)O)cc2)s1. The van der Waals surface area contributed by atoms with Crippen LogP contribution in [0.1, 0.15) is 27.0 Å². The number of hydrogen-bond donors (Lipinski definition) is 1. The van der Waals surface area contributed by atoms with Gasteiger partial charge in [0.2, 0.25) is 0 Å². The maximum atomic E-state index is 12.2. The van der Waals surface area contributed by atoms with Crippen molar-refractivity contribution in [2.45, 2.75) is 24.0 Å². The summed E-state index contributed by atoms with van der Waals surface area (Å²) in [6.45, 7) is 2.09. The monoisotopic (exact) mass is 294 g/mol. The summed E-state index contributed by atoms with van der Waals surface area (Å²) in [6, 6.07) is 10.3. The molecule has 2 aromatic rings. The van der Waals surface area contributed by atoms with Crippen LogP contribution < -0.4 is 0 Å². The summed E-state index contributed by atoms with van der Waals surface area (Å²) < 4.78 is 12.2. The number of benzene rings is 1. The zero-order chi connectivity index (χ0) is 13.8. The first-order valence-electron chi connectivity index (χ1n) is 5.89. The van der Waals surface area contributed by atoms with Gasteiger partial charge in [-0.05, 0) is 42.8 Å². The van der Waals surface area contributed by atoms with Gasteiger partial charge in [-0.3, -0.25) is 4.21 Å². The van der Waals surface area contributed by atoms with E-state index in [4.69, 9.17) is 5.11 Å². The fourth-order valence-corrected chi connectivity index (χ4v) is 3.92. The van der Waals surface area contributed by atoms with E-state index in [-0.39, 0.29) is 5.56 Å². The van der Waals surface area contributed by atoms with E-state index in [1.165, 1.54) is 17.0 Å². The van der Waals surface area contributed by atoms with E-state index in [9.17, 15) is 9.00 Å². The first kappa shape index (κ1) is 14.0. The molecule has 5 heteroatoms. The minimum absolute atomic E-state index is 0.213. The lowest BCUT2D eigenvalue weighted by molar-refractivity contribution is 0.0697. The van der Waals surface area contributed by atoms with Crippen LogP contribution in [0.15, 0.2) is 41.3 Å². The van der Waals surface area contributed by atoms with Crippen LogP contribution in [0.2, 0.25) is 0 Å². The Hall–Kier alpha value is -1.46. The van der Waals surface area contributed by atoms with Gasteiger partial charge in [0.05, 0.1) is 22.1 Å². The van der Waals surface area contributed by atoms with Gasteiger partial charge >= 0.3 is 5.97 Å². The normalized spacial score (nSPS) is 12.3. The predicted molar refractivity (Wildman–Crippen MR) is 77.2 cm³/mol. The number of thiophene rings is 1. The third kappa shape index (κ3) is 3.52. The molecule has 1 atom stereocenters. The largest absolute Gasteiger partial charge is 0.478 e. The second-order valence-corrected chi connectivity index (χ2v) is 6.74. The molecule has 0 saturated heterocycles. The molecule has 0 aliphatic rings. The highest BCUT2D eigenvalue weighted by molar-refractivity contribution is 7.84.